The summed E-state index contributed by atoms with van der Waals surface area (Å²) >= 11 is 1.29. The van der Waals surface area contributed by atoms with Crippen LogP contribution in [0.5, 0.6) is 11.5 Å². The standard InChI is InChI=1S/C19H16N2O5S/c1-26-13-8-4-5-9-14(13)27-19-12-7-3-2-6-11(12)17(24)16(21-19)18(25)20-10-15(22)23/h2-9,24H,10H2,1H3,(H,20,25)(H,22,23). The van der Waals surface area contributed by atoms with Gasteiger partial charge in [0.05, 0.1) is 12.0 Å². The van der Waals surface area contributed by atoms with Crippen LogP contribution in [0.25, 0.3) is 10.8 Å². The SMILES string of the molecule is COc1ccccc1Sc1nc(C(=O)NCC(=O)O)c(O)c2ccccc12. The number of fused-ring (bicyclic) bond motifs is 1. The number of aromatic nitrogens is 1. The fourth-order valence-electron chi connectivity index (χ4n) is 2.50. The molecular weight excluding hydrogens is 368 g/mol. The van der Waals surface area contributed by atoms with Crippen LogP contribution in [0.1, 0.15) is 10.5 Å². The smallest absolute Gasteiger partial charge is 0.322 e. The molecule has 0 radical (unpaired) electrons. The maximum atomic E-state index is 12.3. The van der Waals surface area contributed by atoms with Crippen LogP contribution >= 0.6 is 11.8 Å². The minimum Gasteiger partial charge on any atom is -0.505 e. The van der Waals surface area contributed by atoms with Crippen molar-refractivity contribution in [1.29, 1.82) is 0 Å². The lowest BCUT2D eigenvalue weighted by Crippen LogP contribution is -2.30. The fraction of sp³-hybridized carbons (Fsp3) is 0.105. The number of nitrogens with one attached hydrogen (secondary N) is 1. The van der Waals surface area contributed by atoms with Crippen LogP contribution in [-0.2, 0) is 4.79 Å². The summed E-state index contributed by atoms with van der Waals surface area (Å²) in [6.45, 7) is -0.568. The molecule has 0 bridgehead atoms. The van der Waals surface area contributed by atoms with Crippen LogP contribution in [0.2, 0.25) is 0 Å². The Morgan fingerprint density at radius 3 is 2.48 bits per heavy atom. The van der Waals surface area contributed by atoms with Crippen LogP contribution in [0.3, 0.4) is 0 Å². The van der Waals surface area contributed by atoms with Gasteiger partial charge in [0.25, 0.3) is 5.91 Å². The molecule has 1 aromatic heterocycles. The number of rotatable bonds is 6. The van der Waals surface area contributed by atoms with Gasteiger partial charge in [0.2, 0.25) is 0 Å². The zero-order valence-corrected chi connectivity index (χ0v) is 15.1. The normalized spacial score (nSPS) is 10.6. The summed E-state index contributed by atoms with van der Waals surface area (Å²) in [5.74, 6) is -1.59. The second-order valence-corrected chi connectivity index (χ2v) is 6.52. The number of para-hydroxylation sites is 1. The molecule has 3 rings (SSSR count). The van der Waals surface area contributed by atoms with E-state index in [4.69, 9.17) is 9.84 Å². The molecule has 0 saturated heterocycles. The van der Waals surface area contributed by atoms with E-state index in [0.29, 0.717) is 21.5 Å². The van der Waals surface area contributed by atoms with E-state index < -0.39 is 18.4 Å². The Balaban J connectivity index is 2.10. The van der Waals surface area contributed by atoms with Crippen LogP contribution < -0.4 is 10.1 Å². The molecule has 3 aromatic rings. The molecule has 8 heteroatoms. The molecule has 1 heterocycles. The Bertz CT molecular complexity index is 1020. The molecule has 0 atom stereocenters. The quantitative estimate of drug-likeness (QED) is 0.599. The van der Waals surface area contributed by atoms with Gasteiger partial charge < -0.3 is 20.3 Å². The van der Waals surface area contributed by atoms with E-state index >= 15 is 0 Å². The van der Waals surface area contributed by atoms with Gasteiger partial charge in [-0.15, -0.1) is 0 Å². The van der Waals surface area contributed by atoms with Crippen molar-refractivity contribution in [2.24, 2.45) is 0 Å². The largest absolute Gasteiger partial charge is 0.505 e. The molecule has 0 spiro atoms. The lowest BCUT2D eigenvalue weighted by molar-refractivity contribution is -0.135. The van der Waals surface area contributed by atoms with E-state index in [9.17, 15) is 14.7 Å². The third-order valence-corrected chi connectivity index (χ3v) is 4.80. The number of benzene rings is 2. The first-order valence-corrected chi connectivity index (χ1v) is 8.75. The Morgan fingerprint density at radius 2 is 1.78 bits per heavy atom. The average molecular weight is 384 g/mol. The van der Waals surface area contributed by atoms with E-state index in [1.165, 1.54) is 11.8 Å². The number of carboxylic acids is 1. The number of amides is 1. The van der Waals surface area contributed by atoms with Crippen molar-refractivity contribution in [2.45, 2.75) is 9.92 Å². The van der Waals surface area contributed by atoms with Crippen molar-refractivity contribution in [1.82, 2.24) is 10.3 Å². The Kier molecular flexibility index (Phi) is 5.46. The molecule has 0 aliphatic heterocycles. The van der Waals surface area contributed by atoms with Gasteiger partial charge >= 0.3 is 5.97 Å². The molecule has 0 saturated carbocycles. The van der Waals surface area contributed by atoms with Crippen LogP contribution in [0, 0.1) is 0 Å². The third kappa shape index (κ3) is 3.95. The first-order valence-electron chi connectivity index (χ1n) is 7.94. The number of hydrogen-bond donors (Lipinski definition) is 3. The monoisotopic (exact) mass is 384 g/mol. The van der Waals surface area contributed by atoms with Crippen molar-refractivity contribution in [2.75, 3.05) is 13.7 Å². The number of carboxylic acid groups (broad SMARTS) is 1. The number of methoxy groups -OCH3 is 1. The second-order valence-electron chi connectivity index (χ2n) is 5.49. The van der Waals surface area contributed by atoms with E-state index in [1.54, 1.807) is 31.4 Å². The molecule has 0 unspecified atom stereocenters. The predicted molar refractivity (Wildman–Crippen MR) is 100 cm³/mol. The van der Waals surface area contributed by atoms with Gasteiger partial charge in [0.1, 0.15) is 17.3 Å². The Labute approximate surface area is 159 Å². The van der Waals surface area contributed by atoms with Crippen molar-refractivity contribution < 1.29 is 24.5 Å². The highest BCUT2D eigenvalue weighted by Gasteiger charge is 2.20. The molecule has 1 amide bonds. The summed E-state index contributed by atoms with van der Waals surface area (Å²) in [4.78, 5) is 28.1. The maximum Gasteiger partial charge on any atom is 0.322 e. The number of pyridine rings is 1. The van der Waals surface area contributed by atoms with Crippen molar-refractivity contribution >= 4 is 34.4 Å². The highest BCUT2D eigenvalue weighted by molar-refractivity contribution is 7.99. The van der Waals surface area contributed by atoms with E-state index in [-0.39, 0.29) is 11.4 Å². The Hall–Kier alpha value is -3.26. The number of aromatic hydroxyl groups is 1. The zero-order chi connectivity index (χ0) is 19.4. The van der Waals surface area contributed by atoms with Gasteiger partial charge in [-0.05, 0) is 12.1 Å². The number of hydrogen-bond acceptors (Lipinski definition) is 6. The number of carbonyl (C=O) groups is 2. The summed E-state index contributed by atoms with van der Waals surface area (Å²) in [5, 5.41) is 23.0. The maximum absolute atomic E-state index is 12.3. The number of ether oxygens (including phenoxy) is 1. The minimum absolute atomic E-state index is 0.229. The highest BCUT2D eigenvalue weighted by atomic mass is 32.2. The van der Waals surface area contributed by atoms with Gasteiger partial charge in [0.15, 0.2) is 11.4 Å². The van der Waals surface area contributed by atoms with Crippen LogP contribution in [-0.4, -0.2) is 40.7 Å². The van der Waals surface area contributed by atoms with Crippen LogP contribution in [0.4, 0.5) is 0 Å². The van der Waals surface area contributed by atoms with Gasteiger partial charge in [0, 0.05) is 10.8 Å². The molecule has 7 nitrogen and oxygen atoms in total. The van der Waals surface area contributed by atoms with Crippen molar-refractivity contribution in [3.05, 3.63) is 54.2 Å². The minimum atomic E-state index is -1.19. The summed E-state index contributed by atoms with van der Waals surface area (Å²) in [5.41, 5.74) is -0.229. The highest BCUT2D eigenvalue weighted by Crippen LogP contribution is 2.40. The zero-order valence-electron chi connectivity index (χ0n) is 14.3. The topological polar surface area (TPSA) is 109 Å². The molecule has 0 fully saturated rings. The molecule has 27 heavy (non-hydrogen) atoms. The molecular formula is C19H16N2O5S. The molecule has 3 N–H and O–H groups in total. The fourth-order valence-corrected chi connectivity index (χ4v) is 3.53. The molecule has 138 valence electrons. The van der Waals surface area contributed by atoms with E-state index in [2.05, 4.69) is 10.3 Å². The average Bonchev–Trinajstić information content (AvgIpc) is 2.68. The molecule has 0 aliphatic rings. The van der Waals surface area contributed by atoms with Crippen molar-refractivity contribution in [3.63, 3.8) is 0 Å². The van der Waals surface area contributed by atoms with Gasteiger partial charge in [-0.2, -0.15) is 0 Å². The summed E-state index contributed by atoms with van der Waals surface area (Å²) in [6.07, 6.45) is 0. The number of carbonyl (C=O) groups excluding carboxylic acids is 1. The summed E-state index contributed by atoms with van der Waals surface area (Å²) in [6, 6.07) is 14.4. The second kappa shape index (κ2) is 7.96. The predicted octanol–water partition coefficient (Wildman–Crippen LogP) is 2.91. The first-order chi connectivity index (χ1) is 13.0. The van der Waals surface area contributed by atoms with Gasteiger partial charge in [-0.1, -0.05) is 48.2 Å². The summed E-state index contributed by atoms with van der Waals surface area (Å²) in [7, 11) is 1.56. The van der Waals surface area contributed by atoms with E-state index in [0.717, 1.165) is 4.90 Å². The lowest BCUT2D eigenvalue weighted by Gasteiger charge is -2.13. The first kappa shape index (κ1) is 18.5. The van der Waals surface area contributed by atoms with E-state index in [1.807, 2.05) is 24.3 Å². The Morgan fingerprint density at radius 1 is 1.11 bits per heavy atom. The lowest BCUT2D eigenvalue weighted by atomic mass is 10.1. The molecule has 0 aliphatic carbocycles. The third-order valence-electron chi connectivity index (χ3n) is 3.74. The van der Waals surface area contributed by atoms with Gasteiger partial charge in [-0.3, -0.25) is 9.59 Å². The number of nitrogens with zero attached hydrogens (tertiary/aromatic N) is 1. The summed E-state index contributed by atoms with van der Waals surface area (Å²) < 4.78 is 5.35. The van der Waals surface area contributed by atoms with Crippen molar-refractivity contribution in [3.8, 4) is 11.5 Å². The number of aliphatic carboxylic acids is 1. The van der Waals surface area contributed by atoms with Gasteiger partial charge in [-0.25, -0.2) is 4.98 Å². The van der Waals surface area contributed by atoms with Crippen LogP contribution in [0.15, 0.2) is 58.5 Å². The molecule has 2 aromatic carbocycles.